The van der Waals surface area contributed by atoms with Gasteiger partial charge in [-0.15, -0.1) is 0 Å². The Bertz CT molecular complexity index is 4180. The van der Waals surface area contributed by atoms with Gasteiger partial charge in [0.05, 0.1) is 38.9 Å². The second kappa shape index (κ2) is 13.6. The molecule has 0 radical (unpaired) electrons. The van der Waals surface area contributed by atoms with Gasteiger partial charge >= 0.3 is 0 Å². The average Bonchev–Trinajstić information content (AvgIpc) is 3.94. The van der Waals surface area contributed by atoms with E-state index in [0.29, 0.717) is 0 Å². The SMILES string of the molecule is c1ccc2c(c1)Oc1ccccc1C21c2ccccc2-c2ccc(N(c3ccc4c5ccccc5n(-c5cccc6ccccc56)c4c3)c3cccc4oc5ccccc5c34)c3cccc1c23. The highest BCUT2D eigenvalue weighted by atomic mass is 16.5. The maximum absolute atomic E-state index is 6.75. The molecule has 0 saturated carbocycles. The van der Waals surface area contributed by atoms with Gasteiger partial charge in [0.25, 0.3) is 0 Å². The number of nitrogens with zero attached hydrogens (tertiary/aromatic N) is 2. The van der Waals surface area contributed by atoms with Gasteiger partial charge < -0.3 is 18.6 Å². The molecule has 1 aliphatic heterocycles. The van der Waals surface area contributed by atoms with Crippen molar-refractivity contribution in [1.82, 2.24) is 4.57 Å². The van der Waals surface area contributed by atoms with Crippen LogP contribution in [0.25, 0.3) is 82.1 Å². The fourth-order valence-corrected chi connectivity index (χ4v) is 12.0. The number of para-hydroxylation sites is 4. The number of benzene rings is 11. The summed E-state index contributed by atoms with van der Waals surface area (Å²) in [5.74, 6) is 1.75. The largest absolute Gasteiger partial charge is 0.457 e. The van der Waals surface area contributed by atoms with E-state index in [4.69, 9.17) is 9.15 Å². The van der Waals surface area contributed by atoms with Gasteiger partial charge in [-0.25, -0.2) is 0 Å². The molecule has 0 bridgehead atoms. The van der Waals surface area contributed by atoms with Crippen molar-refractivity contribution in [3.63, 3.8) is 0 Å². The fraction of sp³-hybridized carbons (Fsp3) is 0.0159. The van der Waals surface area contributed by atoms with E-state index in [1.54, 1.807) is 0 Å². The zero-order valence-corrected chi connectivity index (χ0v) is 36.2. The van der Waals surface area contributed by atoms with Gasteiger partial charge in [-0.3, -0.25) is 0 Å². The van der Waals surface area contributed by atoms with Crippen molar-refractivity contribution in [3.8, 4) is 28.3 Å². The minimum atomic E-state index is -0.642. The monoisotopic (exact) mass is 854 g/mol. The number of ether oxygens (including phenoxy) is 1. The summed E-state index contributed by atoms with van der Waals surface area (Å²) in [6.07, 6.45) is 0. The number of fused-ring (bicyclic) bond motifs is 15. The number of rotatable bonds is 4. The Labute approximate surface area is 385 Å². The number of hydrogen-bond acceptors (Lipinski definition) is 3. The maximum atomic E-state index is 6.75. The van der Waals surface area contributed by atoms with Gasteiger partial charge in [0.1, 0.15) is 22.7 Å². The molecule has 0 N–H and O–H groups in total. The Morgan fingerprint density at radius 2 is 1.00 bits per heavy atom. The van der Waals surface area contributed by atoms with E-state index in [1.165, 1.54) is 54.7 Å². The summed E-state index contributed by atoms with van der Waals surface area (Å²) >= 11 is 0. The first-order valence-electron chi connectivity index (χ1n) is 23.0. The molecule has 4 nitrogen and oxygen atoms in total. The van der Waals surface area contributed by atoms with Crippen LogP contribution in [-0.2, 0) is 5.41 Å². The van der Waals surface area contributed by atoms with Crippen LogP contribution in [0.1, 0.15) is 22.3 Å². The molecule has 0 amide bonds. The molecule has 1 spiro atoms. The van der Waals surface area contributed by atoms with Crippen LogP contribution >= 0.6 is 0 Å². The standard InChI is InChI=1S/C63H38N2O2/c1-2-18-41-39(16-1)17-13-28-52(41)65-53-27-9-4-20-43(53)44-35-34-40(38-56(44)65)64(55-29-15-33-60-62(55)47-21-5-10-30-57(47)66-60)54-37-36-45-42-19-3-6-23-48(42)63(51-26-14-22-46(54)61(45)51)49-24-7-11-31-58(49)67-59-32-12-8-25-50(59)63/h1-38H. The molecule has 3 heterocycles. The summed E-state index contributed by atoms with van der Waals surface area (Å²) in [5, 5.41) is 9.37. The molecule has 67 heavy (non-hydrogen) atoms. The minimum Gasteiger partial charge on any atom is -0.457 e. The third-order valence-electron chi connectivity index (χ3n) is 14.6. The van der Waals surface area contributed by atoms with Crippen molar-refractivity contribution >= 4 is 82.4 Å². The van der Waals surface area contributed by atoms with Crippen LogP contribution in [0.15, 0.2) is 235 Å². The molecule has 11 aromatic carbocycles. The third kappa shape index (κ3) is 4.86. The van der Waals surface area contributed by atoms with Crippen LogP contribution in [0.3, 0.4) is 0 Å². The summed E-state index contributed by atoms with van der Waals surface area (Å²) in [4.78, 5) is 2.48. The molecule has 0 atom stereocenters. The van der Waals surface area contributed by atoms with E-state index >= 15 is 0 Å². The Kier molecular flexibility index (Phi) is 7.40. The third-order valence-corrected chi connectivity index (χ3v) is 14.6. The Hall–Kier alpha value is -8.86. The quantitative estimate of drug-likeness (QED) is 0.177. The maximum Gasteiger partial charge on any atom is 0.137 e. The molecule has 2 aliphatic rings. The van der Waals surface area contributed by atoms with Gasteiger partial charge in [0.15, 0.2) is 0 Å². The Morgan fingerprint density at radius 3 is 1.87 bits per heavy atom. The van der Waals surface area contributed by atoms with Crippen LogP contribution in [0.5, 0.6) is 11.5 Å². The molecule has 4 heteroatoms. The molecule has 0 unspecified atom stereocenters. The Morgan fingerprint density at radius 1 is 0.373 bits per heavy atom. The van der Waals surface area contributed by atoms with Gasteiger partial charge in [-0.05, 0) is 93.7 Å². The van der Waals surface area contributed by atoms with Crippen LogP contribution < -0.4 is 9.64 Å². The van der Waals surface area contributed by atoms with Crippen LogP contribution in [0.4, 0.5) is 17.1 Å². The predicted octanol–water partition coefficient (Wildman–Crippen LogP) is 16.9. The van der Waals surface area contributed by atoms with Gasteiger partial charge in [0, 0.05) is 43.7 Å². The van der Waals surface area contributed by atoms with Crippen molar-refractivity contribution in [2.45, 2.75) is 5.41 Å². The molecule has 0 saturated heterocycles. The lowest BCUT2D eigenvalue weighted by Crippen LogP contribution is -2.36. The first kappa shape index (κ1) is 36.5. The van der Waals surface area contributed by atoms with Crippen molar-refractivity contribution in [1.29, 1.82) is 0 Å². The smallest absolute Gasteiger partial charge is 0.137 e. The highest BCUT2D eigenvalue weighted by Gasteiger charge is 2.49. The van der Waals surface area contributed by atoms with Gasteiger partial charge in [0.2, 0.25) is 0 Å². The fourth-order valence-electron chi connectivity index (χ4n) is 12.0. The summed E-state index contributed by atoms with van der Waals surface area (Å²) in [6, 6.07) is 83.9. The molecule has 0 fully saturated rings. The lowest BCUT2D eigenvalue weighted by Gasteiger charge is -2.45. The molecule has 15 rings (SSSR count). The topological polar surface area (TPSA) is 30.5 Å². The number of hydrogen-bond donors (Lipinski definition) is 0. The van der Waals surface area contributed by atoms with Crippen molar-refractivity contribution in [2.75, 3.05) is 4.90 Å². The number of anilines is 3. The predicted molar refractivity (Wildman–Crippen MR) is 275 cm³/mol. The van der Waals surface area contributed by atoms with Gasteiger partial charge in [-0.1, -0.05) is 170 Å². The second-order valence-electron chi connectivity index (χ2n) is 17.9. The van der Waals surface area contributed by atoms with E-state index in [0.717, 1.165) is 78.2 Å². The number of furan rings is 1. The zero-order valence-electron chi connectivity index (χ0n) is 36.2. The summed E-state index contributed by atoms with van der Waals surface area (Å²) in [7, 11) is 0. The van der Waals surface area contributed by atoms with Gasteiger partial charge in [-0.2, -0.15) is 0 Å². The highest BCUT2D eigenvalue weighted by molar-refractivity contribution is 6.18. The molecule has 13 aromatic rings. The van der Waals surface area contributed by atoms with Crippen molar-refractivity contribution in [2.24, 2.45) is 0 Å². The molecule has 1 aliphatic carbocycles. The first-order chi connectivity index (χ1) is 33.3. The van der Waals surface area contributed by atoms with E-state index in [-0.39, 0.29) is 0 Å². The molecule has 312 valence electrons. The van der Waals surface area contributed by atoms with Crippen LogP contribution in [0, 0.1) is 0 Å². The second-order valence-corrected chi connectivity index (χ2v) is 17.9. The molecular weight excluding hydrogens is 817 g/mol. The van der Waals surface area contributed by atoms with E-state index in [1.807, 2.05) is 0 Å². The Balaban J connectivity index is 1.07. The molecule has 2 aromatic heterocycles. The summed E-state index contributed by atoms with van der Waals surface area (Å²) in [5.41, 5.74) is 14.9. The summed E-state index contributed by atoms with van der Waals surface area (Å²) < 4.78 is 15.8. The lowest BCUT2D eigenvalue weighted by atomic mass is 9.58. The minimum absolute atomic E-state index is 0.642. The van der Waals surface area contributed by atoms with Crippen molar-refractivity contribution in [3.05, 3.63) is 253 Å². The number of aromatic nitrogens is 1. The molecular formula is C63H38N2O2. The lowest BCUT2D eigenvalue weighted by molar-refractivity contribution is 0.435. The summed E-state index contributed by atoms with van der Waals surface area (Å²) in [6.45, 7) is 0. The highest BCUT2D eigenvalue weighted by Crippen LogP contribution is 2.62. The van der Waals surface area contributed by atoms with Crippen molar-refractivity contribution < 1.29 is 9.15 Å². The zero-order chi connectivity index (χ0) is 43.8. The van der Waals surface area contributed by atoms with E-state index in [2.05, 4.69) is 240 Å². The van der Waals surface area contributed by atoms with E-state index in [9.17, 15) is 0 Å². The van der Waals surface area contributed by atoms with Crippen LogP contribution in [0.2, 0.25) is 0 Å². The average molecular weight is 855 g/mol. The first-order valence-corrected chi connectivity index (χ1v) is 23.0. The normalized spacial score (nSPS) is 13.3. The van der Waals surface area contributed by atoms with E-state index < -0.39 is 5.41 Å². The van der Waals surface area contributed by atoms with Crippen LogP contribution in [-0.4, -0.2) is 4.57 Å².